The van der Waals surface area contributed by atoms with E-state index in [1.54, 1.807) is 0 Å². The molecule has 10 rings (SSSR count). The van der Waals surface area contributed by atoms with Crippen LogP contribution in [0.4, 0.5) is 0 Å². The second kappa shape index (κ2) is 10.4. The summed E-state index contributed by atoms with van der Waals surface area (Å²) in [6.07, 6.45) is 0. The summed E-state index contributed by atoms with van der Waals surface area (Å²) in [5, 5.41) is 12.3. The lowest BCUT2D eigenvalue weighted by atomic mass is 9.83. The van der Waals surface area contributed by atoms with Gasteiger partial charge in [0.1, 0.15) is 11.2 Å². The zero-order chi connectivity index (χ0) is 31.8. The van der Waals surface area contributed by atoms with Crippen LogP contribution >= 0.6 is 0 Å². The van der Waals surface area contributed by atoms with E-state index in [1.165, 1.54) is 82.0 Å². The van der Waals surface area contributed by atoms with Crippen molar-refractivity contribution < 1.29 is 4.42 Å². The van der Waals surface area contributed by atoms with E-state index in [4.69, 9.17) is 4.42 Å². The molecule has 0 unspecified atom stereocenters. The zero-order valence-electron chi connectivity index (χ0n) is 26.5. The summed E-state index contributed by atoms with van der Waals surface area (Å²) in [7, 11) is 0. The molecule has 9 aromatic carbocycles. The number of benzene rings is 9. The van der Waals surface area contributed by atoms with E-state index < -0.39 is 0 Å². The summed E-state index contributed by atoms with van der Waals surface area (Å²) in [6.45, 7) is 2.18. The molecule has 0 radical (unpaired) electrons. The summed E-state index contributed by atoms with van der Waals surface area (Å²) in [5.41, 5.74) is 10.5. The van der Waals surface area contributed by atoms with Crippen LogP contribution in [0.25, 0.3) is 98.4 Å². The molecule has 0 atom stereocenters. The maximum absolute atomic E-state index is 6.43. The van der Waals surface area contributed by atoms with E-state index in [0.29, 0.717) is 0 Å². The van der Waals surface area contributed by atoms with Crippen molar-refractivity contribution in [2.75, 3.05) is 0 Å². The van der Waals surface area contributed by atoms with Crippen LogP contribution in [0.15, 0.2) is 168 Å². The van der Waals surface area contributed by atoms with Crippen molar-refractivity contribution in [1.82, 2.24) is 0 Å². The van der Waals surface area contributed by atoms with Gasteiger partial charge < -0.3 is 4.42 Å². The van der Waals surface area contributed by atoms with E-state index in [0.717, 1.165) is 21.9 Å². The number of aryl methyl sites for hydroxylation is 1. The lowest BCUT2D eigenvalue weighted by Gasteiger charge is -2.19. The van der Waals surface area contributed by atoms with E-state index in [9.17, 15) is 0 Å². The monoisotopic (exact) mass is 610 g/mol. The number of hydrogen-bond donors (Lipinski definition) is 0. The van der Waals surface area contributed by atoms with Gasteiger partial charge in [-0.2, -0.15) is 0 Å². The Morgan fingerprint density at radius 3 is 1.69 bits per heavy atom. The van der Waals surface area contributed by atoms with Crippen LogP contribution in [0.1, 0.15) is 5.56 Å². The highest BCUT2D eigenvalue weighted by Gasteiger charge is 2.20. The lowest BCUT2D eigenvalue weighted by molar-refractivity contribution is 0.669. The van der Waals surface area contributed by atoms with E-state index in [2.05, 4.69) is 171 Å². The fourth-order valence-corrected chi connectivity index (χ4v) is 7.90. The molecule has 1 nitrogen and oxygen atoms in total. The highest BCUT2D eigenvalue weighted by atomic mass is 16.3. The first-order chi connectivity index (χ1) is 23.7. The van der Waals surface area contributed by atoms with Crippen LogP contribution in [0.3, 0.4) is 0 Å². The second-order valence-corrected chi connectivity index (χ2v) is 12.9. The van der Waals surface area contributed by atoms with Gasteiger partial charge in [-0.3, -0.25) is 0 Å². The van der Waals surface area contributed by atoms with Gasteiger partial charge in [0, 0.05) is 10.8 Å². The molecular formula is C47H30O. The summed E-state index contributed by atoms with van der Waals surface area (Å²) in [5.74, 6) is 0. The van der Waals surface area contributed by atoms with Crippen molar-refractivity contribution in [3.63, 3.8) is 0 Å². The molecule has 0 amide bonds. The normalized spacial score (nSPS) is 11.9. The molecule has 0 aliphatic rings. The minimum Gasteiger partial charge on any atom is -0.456 e. The van der Waals surface area contributed by atoms with E-state index in [-0.39, 0.29) is 0 Å². The van der Waals surface area contributed by atoms with Crippen molar-refractivity contribution in [3.8, 4) is 33.4 Å². The molecule has 10 aromatic rings. The number of hydrogen-bond acceptors (Lipinski definition) is 1. The minimum atomic E-state index is 0.913. The van der Waals surface area contributed by atoms with Gasteiger partial charge >= 0.3 is 0 Å². The molecule has 1 aromatic heterocycles. The number of rotatable bonds is 3. The molecule has 0 aliphatic carbocycles. The van der Waals surface area contributed by atoms with Crippen molar-refractivity contribution in [2.45, 2.75) is 6.92 Å². The van der Waals surface area contributed by atoms with Gasteiger partial charge in [0.2, 0.25) is 0 Å². The molecule has 224 valence electrons. The third-order valence-electron chi connectivity index (χ3n) is 10.1. The topological polar surface area (TPSA) is 13.1 Å². The fraction of sp³-hybridized carbons (Fsp3) is 0.0213. The molecule has 1 heteroatoms. The molecule has 0 saturated carbocycles. The first kappa shape index (κ1) is 27.0. The average molecular weight is 611 g/mol. The molecular weight excluding hydrogens is 581 g/mol. The van der Waals surface area contributed by atoms with E-state index in [1.807, 2.05) is 0 Å². The smallest absolute Gasteiger partial charge is 0.136 e. The molecule has 0 spiro atoms. The Hall–Kier alpha value is -6.18. The first-order valence-electron chi connectivity index (χ1n) is 16.6. The highest BCUT2D eigenvalue weighted by molar-refractivity contribution is 6.24. The summed E-state index contributed by atoms with van der Waals surface area (Å²) < 4.78 is 6.43. The fourth-order valence-electron chi connectivity index (χ4n) is 7.90. The Labute approximate surface area is 278 Å². The predicted molar refractivity (Wildman–Crippen MR) is 205 cm³/mol. The van der Waals surface area contributed by atoms with Gasteiger partial charge in [-0.05, 0) is 125 Å². The van der Waals surface area contributed by atoms with Gasteiger partial charge in [-0.1, -0.05) is 127 Å². The van der Waals surface area contributed by atoms with E-state index >= 15 is 0 Å². The van der Waals surface area contributed by atoms with Crippen molar-refractivity contribution in [1.29, 1.82) is 0 Å². The van der Waals surface area contributed by atoms with Crippen molar-refractivity contribution in [3.05, 3.63) is 169 Å². The molecule has 48 heavy (non-hydrogen) atoms. The molecule has 0 bridgehead atoms. The maximum atomic E-state index is 6.43. The van der Waals surface area contributed by atoms with Crippen molar-refractivity contribution >= 4 is 65.0 Å². The van der Waals surface area contributed by atoms with Gasteiger partial charge in [-0.15, -0.1) is 0 Å². The Morgan fingerprint density at radius 2 is 0.938 bits per heavy atom. The predicted octanol–water partition coefficient (Wildman–Crippen LogP) is 13.5. The Bertz CT molecular complexity index is 2830. The Kier molecular flexibility index (Phi) is 5.86. The Morgan fingerprint density at radius 1 is 0.333 bits per heavy atom. The van der Waals surface area contributed by atoms with Crippen LogP contribution in [-0.4, -0.2) is 0 Å². The molecule has 0 saturated heterocycles. The van der Waals surface area contributed by atoms with Crippen LogP contribution in [-0.2, 0) is 0 Å². The minimum absolute atomic E-state index is 0.913. The maximum Gasteiger partial charge on any atom is 0.136 e. The highest BCUT2D eigenvalue weighted by Crippen LogP contribution is 2.47. The van der Waals surface area contributed by atoms with Crippen LogP contribution in [0.5, 0.6) is 0 Å². The summed E-state index contributed by atoms with van der Waals surface area (Å²) in [4.78, 5) is 0. The largest absolute Gasteiger partial charge is 0.456 e. The average Bonchev–Trinajstić information content (AvgIpc) is 3.50. The quantitative estimate of drug-likeness (QED) is 0.181. The van der Waals surface area contributed by atoms with Gasteiger partial charge in [0.05, 0.1) is 0 Å². The molecule has 0 fully saturated rings. The zero-order valence-corrected chi connectivity index (χ0v) is 26.5. The third-order valence-corrected chi connectivity index (χ3v) is 10.1. The first-order valence-corrected chi connectivity index (χ1v) is 16.6. The van der Waals surface area contributed by atoms with Gasteiger partial charge in [-0.25, -0.2) is 0 Å². The van der Waals surface area contributed by atoms with Crippen LogP contribution in [0.2, 0.25) is 0 Å². The number of furan rings is 1. The SMILES string of the molecule is Cc1cccc2cc3oc4ccc(-c5c6ccccc6c(-c6cc(-c7ccccc7)cc7ccccc67)c6ccccc56)cc4c3cc12. The molecule has 0 N–H and O–H groups in total. The summed E-state index contributed by atoms with van der Waals surface area (Å²) in [6, 6.07) is 59.8. The molecule has 0 aliphatic heterocycles. The standard InChI is InChI=1S/C47H30O/c1-29-12-11-16-32-27-45-42(28-40(29)32)41-25-33(22-23-44(41)48-45)46-36-18-7-9-20-38(36)47(39-21-10-8-19-37(39)46)43-26-34(30-13-3-2-4-14-30)24-31-15-5-6-17-35(31)43/h2-28H,1H3. The van der Waals surface area contributed by atoms with Crippen molar-refractivity contribution in [2.24, 2.45) is 0 Å². The summed E-state index contributed by atoms with van der Waals surface area (Å²) >= 11 is 0. The third kappa shape index (κ3) is 4.04. The Balaban J connectivity index is 1.29. The van der Waals surface area contributed by atoms with Crippen LogP contribution in [0, 0.1) is 6.92 Å². The molecule has 1 heterocycles. The van der Waals surface area contributed by atoms with Gasteiger partial charge in [0.25, 0.3) is 0 Å². The number of fused-ring (bicyclic) bond motifs is 7. The second-order valence-electron chi connectivity index (χ2n) is 12.9. The lowest BCUT2D eigenvalue weighted by Crippen LogP contribution is -1.92. The van der Waals surface area contributed by atoms with Crippen LogP contribution < -0.4 is 0 Å². The van der Waals surface area contributed by atoms with Gasteiger partial charge in [0.15, 0.2) is 0 Å².